The first-order chi connectivity index (χ1) is 12.2. The van der Waals surface area contributed by atoms with Gasteiger partial charge in [-0.25, -0.2) is 0 Å². The molecule has 4 unspecified atom stereocenters. The Bertz CT molecular complexity index is 577. The van der Waals surface area contributed by atoms with E-state index in [0.29, 0.717) is 24.6 Å². The molecule has 0 spiro atoms. The number of carbonyl (C=O) groups excluding carboxylic acids is 1. The fourth-order valence-electron chi connectivity index (χ4n) is 5.27. The summed E-state index contributed by atoms with van der Waals surface area (Å²) in [5.74, 6) is 0.410. The number of carbonyl (C=O) groups is 1. The van der Waals surface area contributed by atoms with Crippen molar-refractivity contribution in [3.63, 3.8) is 0 Å². The molecule has 2 heterocycles. The smallest absolute Gasteiger partial charge is 0.309 e. The second kappa shape index (κ2) is 7.46. The lowest BCUT2D eigenvalue weighted by molar-refractivity contribution is -0.149. The molecule has 3 fully saturated rings. The maximum absolute atomic E-state index is 12.7. The van der Waals surface area contributed by atoms with Crippen LogP contribution in [0.5, 0.6) is 0 Å². The molecule has 25 heavy (non-hydrogen) atoms. The first kappa shape index (κ1) is 17.0. The monoisotopic (exact) mass is 342 g/mol. The minimum atomic E-state index is 0.0211. The zero-order chi connectivity index (χ0) is 17.2. The van der Waals surface area contributed by atoms with E-state index >= 15 is 0 Å². The Balaban J connectivity index is 1.29. The van der Waals surface area contributed by atoms with Crippen LogP contribution in [-0.2, 0) is 9.53 Å². The molecule has 2 saturated heterocycles. The van der Waals surface area contributed by atoms with Gasteiger partial charge in [0.15, 0.2) is 0 Å². The van der Waals surface area contributed by atoms with E-state index in [1.807, 2.05) is 6.07 Å². The van der Waals surface area contributed by atoms with Gasteiger partial charge in [-0.05, 0) is 44.2 Å². The zero-order valence-corrected chi connectivity index (χ0v) is 15.3. The Kier molecular flexibility index (Phi) is 5.09. The first-order valence-electron chi connectivity index (χ1n) is 9.88. The fraction of sp³-hybridized carbons (Fsp3) is 0.667. The third-order valence-corrected chi connectivity index (χ3v) is 6.46. The summed E-state index contributed by atoms with van der Waals surface area (Å²) in [5.41, 5.74) is 1.29. The fourth-order valence-corrected chi connectivity index (χ4v) is 5.27. The van der Waals surface area contributed by atoms with E-state index in [2.05, 4.69) is 41.1 Å². The number of rotatable bonds is 5. The Morgan fingerprint density at radius 3 is 2.52 bits per heavy atom. The van der Waals surface area contributed by atoms with Crippen molar-refractivity contribution in [2.75, 3.05) is 33.3 Å². The molecule has 1 aromatic carbocycles. The van der Waals surface area contributed by atoms with Crippen molar-refractivity contribution < 1.29 is 9.53 Å². The Morgan fingerprint density at radius 1 is 1.08 bits per heavy atom. The molecule has 1 aromatic rings. The minimum Gasteiger partial charge on any atom is -0.464 e. The van der Waals surface area contributed by atoms with Crippen molar-refractivity contribution in [2.24, 2.45) is 5.92 Å². The number of nitrogens with zero attached hydrogens (tertiary/aromatic N) is 2. The molecule has 4 nitrogen and oxygen atoms in total. The maximum atomic E-state index is 12.7. The van der Waals surface area contributed by atoms with Crippen LogP contribution in [0.25, 0.3) is 0 Å². The molecular formula is C21H30N2O2. The highest BCUT2D eigenvalue weighted by Crippen LogP contribution is 2.40. The average molecular weight is 342 g/mol. The quantitative estimate of drug-likeness (QED) is 0.771. The highest BCUT2D eigenvalue weighted by molar-refractivity contribution is 5.74. The molecule has 3 aliphatic rings. The third-order valence-electron chi connectivity index (χ3n) is 6.46. The zero-order valence-electron chi connectivity index (χ0n) is 15.3. The molecule has 0 radical (unpaired) electrons. The van der Waals surface area contributed by atoms with Gasteiger partial charge in [-0.2, -0.15) is 0 Å². The summed E-state index contributed by atoms with van der Waals surface area (Å²) >= 11 is 0. The molecule has 0 aromatic heterocycles. The number of likely N-dealkylation sites (N-methyl/N-ethyl adjacent to an activating group) is 1. The maximum Gasteiger partial charge on any atom is 0.309 e. The standard InChI is InChI=1S/C21H30N2O2/c1-22-14-17-10-11-18(15-22)23(17)12-13-25-21(24)20-9-5-8-19(20)16-6-3-2-4-7-16/h2-4,6-7,17-20H,5,8-15H2,1H3. The van der Waals surface area contributed by atoms with Crippen LogP contribution in [0.15, 0.2) is 30.3 Å². The number of ether oxygens (including phenoxy) is 1. The van der Waals surface area contributed by atoms with Gasteiger partial charge in [0.25, 0.3) is 0 Å². The van der Waals surface area contributed by atoms with Gasteiger partial charge in [-0.1, -0.05) is 36.8 Å². The van der Waals surface area contributed by atoms with Gasteiger partial charge in [0.1, 0.15) is 6.61 Å². The van der Waals surface area contributed by atoms with Crippen LogP contribution in [0.1, 0.15) is 43.6 Å². The predicted octanol–water partition coefficient (Wildman–Crippen LogP) is 2.89. The summed E-state index contributed by atoms with van der Waals surface area (Å²) in [5, 5.41) is 0. The molecule has 136 valence electrons. The second-order valence-electron chi connectivity index (χ2n) is 8.07. The Morgan fingerprint density at radius 2 is 1.80 bits per heavy atom. The molecular weight excluding hydrogens is 312 g/mol. The lowest BCUT2D eigenvalue weighted by atomic mass is 9.89. The number of fused-ring (bicyclic) bond motifs is 2. The predicted molar refractivity (Wildman–Crippen MR) is 98.5 cm³/mol. The summed E-state index contributed by atoms with van der Waals surface area (Å²) < 4.78 is 5.74. The average Bonchev–Trinajstić information content (AvgIpc) is 3.19. The third kappa shape index (κ3) is 3.61. The minimum absolute atomic E-state index is 0.0211. The van der Waals surface area contributed by atoms with Gasteiger partial charge < -0.3 is 9.64 Å². The van der Waals surface area contributed by atoms with Crippen molar-refractivity contribution in [1.82, 2.24) is 9.80 Å². The van der Waals surface area contributed by atoms with Crippen LogP contribution in [0, 0.1) is 5.92 Å². The molecule has 1 saturated carbocycles. The van der Waals surface area contributed by atoms with E-state index in [-0.39, 0.29) is 11.9 Å². The van der Waals surface area contributed by atoms with Gasteiger partial charge in [0, 0.05) is 31.7 Å². The molecule has 0 N–H and O–H groups in total. The van der Waals surface area contributed by atoms with E-state index in [1.54, 1.807) is 0 Å². The van der Waals surface area contributed by atoms with E-state index in [9.17, 15) is 4.79 Å². The van der Waals surface area contributed by atoms with Gasteiger partial charge in [-0.15, -0.1) is 0 Å². The second-order valence-corrected chi connectivity index (χ2v) is 8.07. The topological polar surface area (TPSA) is 32.8 Å². The van der Waals surface area contributed by atoms with Crippen LogP contribution >= 0.6 is 0 Å². The normalized spacial score (nSPS) is 32.8. The van der Waals surface area contributed by atoms with Crippen molar-refractivity contribution in [3.8, 4) is 0 Å². The summed E-state index contributed by atoms with van der Waals surface area (Å²) in [6.07, 6.45) is 5.79. The summed E-state index contributed by atoms with van der Waals surface area (Å²) in [4.78, 5) is 17.7. The molecule has 1 aliphatic carbocycles. The Hall–Kier alpha value is -1.39. The van der Waals surface area contributed by atoms with E-state index in [0.717, 1.165) is 38.9 Å². The van der Waals surface area contributed by atoms with E-state index < -0.39 is 0 Å². The SMILES string of the molecule is CN1CC2CCC(C1)N2CCOC(=O)C1CCCC1c1ccccc1. The molecule has 0 amide bonds. The number of piperazine rings is 1. The van der Waals surface area contributed by atoms with Gasteiger partial charge in [0.2, 0.25) is 0 Å². The number of benzene rings is 1. The summed E-state index contributed by atoms with van der Waals surface area (Å²) in [6, 6.07) is 11.8. The first-order valence-corrected chi connectivity index (χ1v) is 9.88. The molecule has 4 heteroatoms. The van der Waals surface area contributed by atoms with Crippen molar-refractivity contribution in [2.45, 2.75) is 50.1 Å². The number of hydrogen-bond acceptors (Lipinski definition) is 4. The van der Waals surface area contributed by atoms with E-state index in [4.69, 9.17) is 4.74 Å². The highest BCUT2D eigenvalue weighted by Gasteiger charge is 2.39. The largest absolute Gasteiger partial charge is 0.464 e. The Labute approximate surface area is 151 Å². The van der Waals surface area contributed by atoms with Gasteiger partial charge in [0.05, 0.1) is 5.92 Å². The number of likely N-dealkylation sites (tertiary alicyclic amines) is 1. The van der Waals surface area contributed by atoms with Crippen LogP contribution < -0.4 is 0 Å². The van der Waals surface area contributed by atoms with Crippen LogP contribution in [0.3, 0.4) is 0 Å². The van der Waals surface area contributed by atoms with Crippen molar-refractivity contribution in [3.05, 3.63) is 35.9 Å². The van der Waals surface area contributed by atoms with Crippen LogP contribution in [0.2, 0.25) is 0 Å². The number of hydrogen-bond donors (Lipinski definition) is 0. The molecule has 2 bridgehead atoms. The van der Waals surface area contributed by atoms with Gasteiger partial charge in [-0.3, -0.25) is 9.69 Å². The van der Waals surface area contributed by atoms with Crippen LogP contribution in [-0.4, -0.2) is 61.1 Å². The summed E-state index contributed by atoms with van der Waals surface area (Å²) in [7, 11) is 2.21. The number of esters is 1. The lowest BCUT2D eigenvalue weighted by Gasteiger charge is -2.39. The van der Waals surface area contributed by atoms with E-state index in [1.165, 1.54) is 18.4 Å². The highest BCUT2D eigenvalue weighted by atomic mass is 16.5. The van der Waals surface area contributed by atoms with Crippen molar-refractivity contribution in [1.29, 1.82) is 0 Å². The van der Waals surface area contributed by atoms with Crippen LogP contribution in [0.4, 0.5) is 0 Å². The van der Waals surface area contributed by atoms with Gasteiger partial charge >= 0.3 is 5.97 Å². The van der Waals surface area contributed by atoms with Crippen molar-refractivity contribution >= 4 is 5.97 Å². The molecule has 4 rings (SSSR count). The molecule has 2 aliphatic heterocycles. The lowest BCUT2D eigenvalue weighted by Crippen LogP contribution is -2.53. The summed E-state index contributed by atoms with van der Waals surface area (Å²) in [6.45, 7) is 3.76. The molecule has 4 atom stereocenters.